The fourth-order valence-corrected chi connectivity index (χ4v) is 2.51. The fraction of sp³-hybridized carbons (Fsp3) is 0.200. The lowest BCUT2D eigenvalue weighted by Gasteiger charge is -2.01. The molecule has 146 valence electrons. The molecule has 5 N–H and O–H groups in total. The summed E-state index contributed by atoms with van der Waals surface area (Å²) in [6, 6.07) is 0. The second kappa shape index (κ2) is 6.86. The quantitative estimate of drug-likeness (QED) is 0.460. The van der Waals surface area contributed by atoms with Crippen LogP contribution in [0.3, 0.4) is 0 Å². The van der Waals surface area contributed by atoms with Gasteiger partial charge in [-0.05, 0) is 0 Å². The van der Waals surface area contributed by atoms with Crippen molar-refractivity contribution in [1.82, 2.24) is 28.7 Å². The number of nitrogen functional groups attached to an aromatic ring is 1. The summed E-state index contributed by atoms with van der Waals surface area (Å²) in [5.74, 6) is -2.16. The third kappa shape index (κ3) is 3.53. The molecule has 0 aromatic carbocycles. The molecule has 0 spiro atoms. The van der Waals surface area contributed by atoms with E-state index < -0.39 is 17.8 Å². The number of hydrogen-bond acceptors (Lipinski definition) is 7. The van der Waals surface area contributed by atoms with Gasteiger partial charge >= 0.3 is 5.97 Å². The average molecular weight is 387 g/mol. The molecular weight excluding hydrogens is 370 g/mol. The third-order valence-electron chi connectivity index (χ3n) is 3.73. The monoisotopic (exact) mass is 387 g/mol. The Balaban J connectivity index is 1.75. The van der Waals surface area contributed by atoms with Gasteiger partial charge in [-0.15, -0.1) is 0 Å². The molecule has 0 aliphatic heterocycles. The summed E-state index contributed by atoms with van der Waals surface area (Å²) < 4.78 is 4.13. The highest BCUT2D eigenvalue weighted by molar-refractivity contribution is 6.04. The molecule has 0 fully saturated rings. The molecule has 3 heterocycles. The van der Waals surface area contributed by atoms with Gasteiger partial charge in [0.1, 0.15) is 5.82 Å². The van der Waals surface area contributed by atoms with Crippen molar-refractivity contribution in [3.63, 3.8) is 0 Å². The van der Waals surface area contributed by atoms with E-state index in [-0.39, 0.29) is 34.9 Å². The second-order valence-electron chi connectivity index (χ2n) is 5.93. The van der Waals surface area contributed by atoms with Gasteiger partial charge in [0.05, 0.1) is 0 Å². The number of carboxylic acids is 1. The molecule has 0 unspecified atom stereocenters. The van der Waals surface area contributed by atoms with Crippen molar-refractivity contribution in [2.75, 3.05) is 16.4 Å². The molecule has 13 nitrogen and oxygen atoms in total. The first kappa shape index (κ1) is 18.6. The minimum absolute atomic E-state index is 0.0165. The summed E-state index contributed by atoms with van der Waals surface area (Å²) in [5.41, 5.74) is 5.55. The van der Waals surface area contributed by atoms with Crippen molar-refractivity contribution < 1.29 is 19.5 Å². The van der Waals surface area contributed by atoms with E-state index in [1.807, 2.05) is 0 Å². The molecule has 3 aromatic heterocycles. The van der Waals surface area contributed by atoms with Crippen LogP contribution < -0.4 is 16.4 Å². The maximum absolute atomic E-state index is 12.4. The van der Waals surface area contributed by atoms with Crippen LogP contribution in [0.1, 0.15) is 31.9 Å². The largest absolute Gasteiger partial charge is 0.475 e. The molecule has 0 saturated heterocycles. The number of anilines is 3. The van der Waals surface area contributed by atoms with Gasteiger partial charge in [0, 0.05) is 39.7 Å². The maximum atomic E-state index is 12.4. The Morgan fingerprint density at radius 1 is 0.821 bits per heavy atom. The van der Waals surface area contributed by atoms with Crippen LogP contribution in [0.2, 0.25) is 0 Å². The molecule has 0 radical (unpaired) electrons. The van der Waals surface area contributed by atoms with Crippen molar-refractivity contribution in [3.8, 4) is 0 Å². The van der Waals surface area contributed by atoms with Crippen molar-refractivity contribution in [3.05, 3.63) is 36.1 Å². The first-order valence-electron chi connectivity index (χ1n) is 7.87. The number of aryl methyl sites for hydroxylation is 3. The SMILES string of the molecule is Cn1cc(NC(=O)c2nc(NC(=O)c3nc(N)cn3C)cn2C)nc1C(=O)O. The van der Waals surface area contributed by atoms with Crippen LogP contribution in [-0.2, 0) is 21.1 Å². The molecule has 2 amide bonds. The highest BCUT2D eigenvalue weighted by Gasteiger charge is 2.20. The predicted molar refractivity (Wildman–Crippen MR) is 96.9 cm³/mol. The Hall–Kier alpha value is -4.16. The van der Waals surface area contributed by atoms with Gasteiger partial charge < -0.3 is 35.2 Å². The minimum Gasteiger partial charge on any atom is -0.475 e. The van der Waals surface area contributed by atoms with Crippen LogP contribution in [0.25, 0.3) is 0 Å². The van der Waals surface area contributed by atoms with E-state index in [1.54, 1.807) is 14.1 Å². The lowest BCUT2D eigenvalue weighted by Crippen LogP contribution is -2.18. The number of carbonyl (C=O) groups excluding carboxylic acids is 2. The van der Waals surface area contributed by atoms with Gasteiger partial charge in [0.25, 0.3) is 11.8 Å². The number of aromatic carboxylic acids is 1. The number of carboxylic acid groups (broad SMARTS) is 1. The molecule has 0 aliphatic carbocycles. The Bertz CT molecular complexity index is 1090. The number of aromatic nitrogens is 6. The third-order valence-corrected chi connectivity index (χ3v) is 3.73. The van der Waals surface area contributed by atoms with Gasteiger partial charge in [-0.3, -0.25) is 9.59 Å². The molecule has 3 aromatic rings. The summed E-state index contributed by atoms with van der Waals surface area (Å²) in [4.78, 5) is 47.5. The maximum Gasteiger partial charge on any atom is 0.372 e. The van der Waals surface area contributed by atoms with Crippen LogP contribution in [0.15, 0.2) is 18.6 Å². The molecule has 0 saturated carbocycles. The van der Waals surface area contributed by atoms with Gasteiger partial charge in [-0.2, -0.15) is 0 Å². The molecule has 0 atom stereocenters. The fourth-order valence-electron chi connectivity index (χ4n) is 2.51. The molecule has 0 bridgehead atoms. The average Bonchev–Trinajstić information content (AvgIpc) is 3.24. The van der Waals surface area contributed by atoms with Crippen LogP contribution in [0, 0.1) is 0 Å². The number of amides is 2. The first-order chi connectivity index (χ1) is 13.2. The smallest absolute Gasteiger partial charge is 0.372 e. The van der Waals surface area contributed by atoms with E-state index >= 15 is 0 Å². The lowest BCUT2D eigenvalue weighted by atomic mass is 10.5. The summed E-state index contributed by atoms with van der Waals surface area (Å²) in [5, 5.41) is 14.0. The number of nitrogens with two attached hydrogens (primary N) is 1. The van der Waals surface area contributed by atoms with Gasteiger partial charge in [-0.1, -0.05) is 0 Å². The van der Waals surface area contributed by atoms with Crippen LogP contribution in [0.5, 0.6) is 0 Å². The standard InChI is InChI=1S/C15H17N9O4/c1-22-4-7(16)17-10(22)13(25)20-8-5-23(2)11(18-8)14(26)21-9-6-24(3)12(19-9)15(27)28/h4-6H,16H2,1-3H3,(H,20,25)(H,21,26)(H,27,28). The highest BCUT2D eigenvalue weighted by atomic mass is 16.4. The van der Waals surface area contributed by atoms with Crippen LogP contribution in [-0.4, -0.2) is 51.5 Å². The van der Waals surface area contributed by atoms with Crippen LogP contribution in [0.4, 0.5) is 17.5 Å². The molecule has 3 rings (SSSR count). The minimum atomic E-state index is -1.22. The summed E-state index contributed by atoms with van der Waals surface area (Å²) in [6.07, 6.45) is 4.29. The summed E-state index contributed by atoms with van der Waals surface area (Å²) in [6.45, 7) is 0. The van der Waals surface area contributed by atoms with Crippen LogP contribution >= 0.6 is 0 Å². The Morgan fingerprint density at radius 3 is 1.68 bits per heavy atom. The van der Waals surface area contributed by atoms with E-state index in [2.05, 4.69) is 25.6 Å². The molecule has 0 aliphatic rings. The normalized spacial score (nSPS) is 10.7. The number of imidazole rings is 3. The molecule has 13 heteroatoms. The van der Waals surface area contributed by atoms with Gasteiger partial charge in [0.2, 0.25) is 17.5 Å². The Kier molecular flexibility index (Phi) is 4.57. The molecular formula is C15H17N9O4. The number of nitrogens with one attached hydrogen (secondary N) is 2. The van der Waals surface area contributed by atoms with Crippen molar-refractivity contribution >= 4 is 35.2 Å². The summed E-state index contributed by atoms with van der Waals surface area (Å²) in [7, 11) is 4.68. The van der Waals surface area contributed by atoms with Crippen molar-refractivity contribution in [1.29, 1.82) is 0 Å². The Labute approximate surface area is 157 Å². The van der Waals surface area contributed by atoms with E-state index in [9.17, 15) is 14.4 Å². The highest BCUT2D eigenvalue weighted by Crippen LogP contribution is 2.13. The first-order valence-corrected chi connectivity index (χ1v) is 7.87. The zero-order valence-electron chi connectivity index (χ0n) is 15.2. The number of nitrogens with zero attached hydrogens (tertiary/aromatic N) is 6. The number of hydrogen-bond donors (Lipinski definition) is 4. The van der Waals surface area contributed by atoms with Crippen molar-refractivity contribution in [2.24, 2.45) is 21.1 Å². The topological polar surface area (TPSA) is 175 Å². The predicted octanol–water partition coefficient (Wildman–Crippen LogP) is -0.328. The number of rotatable bonds is 5. The Morgan fingerprint density at radius 2 is 1.25 bits per heavy atom. The number of carbonyl (C=O) groups is 3. The zero-order chi connectivity index (χ0) is 20.6. The van der Waals surface area contributed by atoms with E-state index in [0.717, 1.165) is 0 Å². The van der Waals surface area contributed by atoms with Gasteiger partial charge in [-0.25, -0.2) is 19.7 Å². The lowest BCUT2D eigenvalue weighted by molar-refractivity contribution is 0.0679. The summed E-state index contributed by atoms with van der Waals surface area (Å²) >= 11 is 0. The van der Waals surface area contributed by atoms with Crippen molar-refractivity contribution in [2.45, 2.75) is 0 Å². The van der Waals surface area contributed by atoms with Gasteiger partial charge in [0.15, 0.2) is 11.6 Å². The zero-order valence-corrected chi connectivity index (χ0v) is 15.2. The second-order valence-corrected chi connectivity index (χ2v) is 5.93. The molecule has 28 heavy (non-hydrogen) atoms. The van der Waals surface area contributed by atoms with E-state index in [0.29, 0.717) is 0 Å². The van der Waals surface area contributed by atoms with E-state index in [4.69, 9.17) is 10.8 Å². The van der Waals surface area contributed by atoms with E-state index in [1.165, 1.54) is 39.3 Å².